The number of hydrogen-bond donors (Lipinski definition) is 1. The third-order valence-electron chi connectivity index (χ3n) is 1.44. The molecule has 1 N–H and O–H groups in total. The van der Waals surface area contributed by atoms with Gasteiger partial charge in [-0.25, -0.2) is 0 Å². The molecule has 0 aromatic heterocycles. The normalized spacial score (nSPS) is 20.6. The van der Waals surface area contributed by atoms with E-state index in [1.807, 2.05) is 13.5 Å². The third kappa shape index (κ3) is 1.42. The SMILES string of the molecule is C[CH]N1CCNCC1=O. The van der Waals surface area contributed by atoms with Crippen LogP contribution in [0.25, 0.3) is 0 Å². The maximum atomic E-state index is 10.9. The van der Waals surface area contributed by atoms with Gasteiger partial charge in [-0.15, -0.1) is 0 Å². The molecule has 0 atom stereocenters. The van der Waals surface area contributed by atoms with Gasteiger partial charge in [0.15, 0.2) is 0 Å². The number of carbonyl (C=O) groups is 1. The monoisotopic (exact) mass is 127 g/mol. The molecule has 51 valence electrons. The summed E-state index contributed by atoms with van der Waals surface area (Å²) in [7, 11) is 0. The van der Waals surface area contributed by atoms with Crippen LogP contribution in [0.1, 0.15) is 6.92 Å². The molecule has 1 rings (SSSR count). The van der Waals surface area contributed by atoms with Crippen LogP contribution in [-0.2, 0) is 4.79 Å². The molecular weight excluding hydrogens is 116 g/mol. The smallest absolute Gasteiger partial charge is 0.236 e. The maximum Gasteiger partial charge on any atom is 0.236 e. The van der Waals surface area contributed by atoms with Crippen molar-refractivity contribution >= 4 is 5.91 Å². The second-order valence-electron chi connectivity index (χ2n) is 2.02. The first kappa shape index (κ1) is 6.55. The van der Waals surface area contributed by atoms with E-state index in [1.54, 1.807) is 4.90 Å². The zero-order chi connectivity index (χ0) is 6.69. The molecule has 9 heavy (non-hydrogen) atoms. The van der Waals surface area contributed by atoms with Gasteiger partial charge in [-0.3, -0.25) is 4.79 Å². The van der Waals surface area contributed by atoms with E-state index in [9.17, 15) is 4.79 Å². The topological polar surface area (TPSA) is 32.3 Å². The molecule has 0 unspecified atom stereocenters. The Hall–Kier alpha value is -0.570. The van der Waals surface area contributed by atoms with Crippen molar-refractivity contribution in [3.8, 4) is 0 Å². The van der Waals surface area contributed by atoms with Crippen LogP contribution < -0.4 is 5.32 Å². The standard InChI is InChI=1S/C6H11N2O/c1-2-8-4-3-7-5-6(8)9/h2,7H,3-5H2,1H3. The van der Waals surface area contributed by atoms with Gasteiger partial charge in [-0.2, -0.15) is 0 Å². The molecule has 0 bridgehead atoms. The van der Waals surface area contributed by atoms with Gasteiger partial charge in [0.25, 0.3) is 0 Å². The predicted molar refractivity (Wildman–Crippen MR) is 34.6 cm³/mol. The third-order valence-corrected chi connectivity index (χ3v) is 1.44. The molecule has 1 heterocycles. The van der Waals surface area contributed by atoms with Crippen LogP contribution in [0.3, 0.4) is 0 Å². The molecule has 1 fully saturated rings. The molecule has 3 nitrogen and oxygen atoms in total. The molecule has 1 aliphatic rings. The minimum atomic E-state index is 0.170. The Labute approximate surface area is 55.0 Å². The van der Waals surface area contributed by atoms with E-state index in [4.69, 9.17) is 0 Å². The first-order valence-electron chi connectivity index (χ1n) is 3.14. The Kier molecular flexibility index (Phi) is 2.05. The van der Waals surface area contributed by atoms with Crippen LogP contribution in [0.15, 0.2) is 0 Å². The lowest BCUT2D eigenvalue weighted by molar-refractivity contribution is -0.130. The fourth-order valence-corrected chi connectivity index (χ4v) is 0.894. The lowest BCUT2D eigenvalue weighted by atomic mass is 10.3. The summed E-state index contributed by atoms with van der Waals surface area (Å²) in [5.74, 6) is 0.170. The summed E-state index contributed by atoms with van der Waals surface area (Å²) in [5.41, 5.74) is 0. The number of nitrogens with zero attached hydrogens (tertiary/aromatic N) is 1. The summed E-state index contributed by atoms with van der Waals surface area (Å²) in [6, 6.07) is 0. The average Bonchev–Trinajstić information content (AvgIpc) is 1.89. The van der Waals surface area contributed by atoms with E-state index in [0.29, 0.717) is 6.54 Å². The lowest BCUT2D eigenvalue weighted by Gasteiger charge is -2.25. The van der Waals surface area contributed by atoms with Gasteiger partial charge in [0, 0.05) is 19.6 Å². The highest BCUT2D eigenvalue weighted by molar-refractivity contribution is 5.79. The van der Waals surface area contributed by atoms with Crippen molar-refractivity contribution in [3.05, 3.63) is 6.54 Å². The number of hydrogen-bond acceptors (Lipinski definition) is 2. The number of rotatable bonds is 1. The van der Waals surface area contributed by atoms with Crippen molar-refractivity contribution in [2.45, 2.75) is 6.92 Å². The summed E-state index contributed by atoms with van der Waals surface area (Å²) < 4.78 is 0. The molecule has 0 saturated carbocycles. The van der Waals surface area contributed by atoms with E-state index in [2.05, 4.69) is 5.32 Å². The molecule has 0 spiro atoms. The van der Waals surface area contributed by atoms with Gasteiger partial charge in [0.05, 0.1) is 6.54 Å². The van der Waals surface area contributed by atoms with E-state index in [0.717, 1.165) is 13.1 Å². The van der Waals surface area contributed by atoms with Gasteiger partial charge in [-0.05, 0) is 6.92 Å². The predicted octanol–water partition coefficient (Wildman–Crippen LogP) is -0.400. The van der Waals surface area contributed by atoms with Crippen molar-refractivity contribution in [3.63, 3.8) is 0 Å². The van der Waals surface area contributed by atoms with E-state index < -0.39 is 0 Å². The fraction of sp³-hybridized carbons (Fsp3) is 0.667. The number of nitrogens with one attached hydrogen (secondary N) is 1. The van der Waals surface area contributed by atoms with Crippen LogP contribution in [0, 0.1) is 6.54 Å². The second kappa shape index (κ2) is 2.82. The molecule has 1 aliphatic heterocycles. The summed E-state index contributed by atoms with van der Waals surface area (Å²) >= 11 is 0. The minimum absolute atomic E-state index is 0.170. The largest absolute Gasteiger partial charge is 0.336 e. The molecule has 1 amide bonds. The highest BCUT2D eigenvalue weighted by Gasteiger charge is 2.14. The first-order chi connectivity index (χ1) is 4.34. The molecule has 1 radical (unpaired) electrons. The van der Waals surface area contributed by atoms with Crippen LogP contribution in [0.4, 0.5) is 0 Å². The van der Waals surface area contributed by atoms with Crippen LogP contribution in [0.5, 0.6) is 0 Å². The van der Waals surface area contributed by atoms with Crippen molar-refractivity contribution in [2.75, 3.05) is 19.6 Å². The second-order valence-corrected chi connectivity index (χ2v) is 2.02. The Morgan fingerprint density at radius 2 is 2.56 bits per heavy atom. The molecule has 0 aromatic carbocycles. The van der Waals surface area contributed by atoms with Gasteiger partial charge in [0.1, 0.15) is 0 Å². The van der Waals surface area contributed by atoms with E-state index in [1.165, 1.54) is 0 Å². The first-order valence-corrected chi connectivity index (χ1v) is 3.14. The number of piperazine rings is 1. The van der Waals surface area contributed by atoms with Crippen molar-refractivity contribution in [1.82, 2.24) is 10.2 Å². The van der Waals surface area contributed by atoms with Gasteiger partial charge >= 0.3 is 0 Å². The van der Waals surface area contributed by atoms with Crippen molar-refractivity contribution < 1.29 is 4.79 Å². The van der Waals surface area contributed by atoms with Gasteiger partial charge < -0.3 is 10.2 Å². The fourth-order valence-electron chi connectivity index (χ4n) is 0.894. The molecule has 3 heteroatoms. The summed E-state index contributed by atoms with van der Waals surface area (Å²) in [6.07, 6.45) is 0. The van der Waals surface area contributed by atoms with Crippen LogP contribution >= 0.6 is 0 Å². The maximum absolute atomic E-state index is 10.9. The number of amides is 1. The van der Waals surface area contributed by atoms with Gasteiger partial charge in [0.2, 0.25) is 5.91 Å². The minimum Gasteiger partial charge on any atom is -0.336 e. The Morgan fingerprint density at radius 3 is 3.00 bits per heavy atom. The number of carbonyl (C=O) groups excluding carboxylic acids is 1. The Balaban J connectivity index is 2.39. The molecule has 0 aromatic rings. The summed E-state index contributed by atoms with van der Waals surface area (Å²) in [5, 5.41) is 2.99. The van der Waals surface area contributed by atoms with Crippen LogP contribution in [0.2, 0.25) is 0 Å². The summed E-state index contributed by atoms with van der Waals surface area (Å²) in [6.45, 7) is 5.92. The Bertz CT molecular complexity index is 114. The highest BCUT2D eigenvalue weighted by Crippen LogP contribution is 1.95. The van der Waals surface area contributed by atoms with Crippen molar-refractivity contribution in [2.24, 2.45) is 0 Å². The van der Waals surface area contributed by atoms with Crippen LogP contribution in [-0.4, -0.2) is 30.4 Å². The zero-order valence-corrected chi connectivity index (χ0v) is 5.55. The van der Waals surface area contributed by atoms with E-state index in [-0.39, 0.29) is 5.91 Å². The Morgan fingerprint density at radius 1 is 1.78 bits per heavy atom. The van der Waals surface area contributed by atoms with E-state index >= 15 is 0 Å². The quantitative estimate of drug-likeness (QED) is 0.520. The van der Waals surface area contributed by atoms with Gasteiger partial charge in [-0.1, -0.05) is 0 Å². The summed E-state index contributed by atoms with van der Waals surface area (Å²) in [4.78, 5) is 12.6. The molecular formula is C6H11N2O. The van der Waals surface area contributed by atoms with Crippen molar-refractivity contribution in [1.29, 1.82) is 0 Å². The highest BCUT2D eigenvalue weighted by atomic mass is 16.2. The zero-order valence-electron chi connectivity index (χ0n) is 5.55. The molecule has 0 aliphatic carbocycles. The molecule has 1 saturated heterocycles. The average molecular weight is 127 g/mol. The lowest BCUT2D eigenvalue weighted by Crippen LogP contribution is -2.46.